The molecule has 0 spiro atoms. The molecule has 0 aromatic rings. The van der Waals surface area contributed by atoms with Gasteiger partial charge in [0.1, 0.15) is 0 Å². The van der Waals surface area contributed by atoms with Gasteiger partial charge in [0.2, 0.25) is 0 Å². The highest BCUT2D eigenvalue weighted by molar-refractivity contribution is 5.31. The summed E-state index contributed by atoms with van der Waals surface area (Å²) in [5.41, 5.74) is 2.30. The minimum Gasteiger partial charge on any atom is -0.501 e. The smallest absolute Gasteiger partial charge is 0.0958 e. The van der Waals surface area contributed by atoms with E-state index in [-0.39, 0.29) is 0 Å². The van der Waals surface area contributed by atoms with E-state index in [0.717, 1.165) is 30.1 Å². The summed E-state index contributed by atoms with van der Waals surface area (Å²) in [5.74, 6) is 5.03. The van der Waals surface area contributed by atoms with Crippen LogP contribution >= 0.6 is 0 Å². The second-order valence-electron chi connectivity index (χ2n) is 7.92. The van der Waals surface area contributed by atoms with Crippen molar-refractivity contribution in [3.8, 4) is 0 Å². The zero-order valence-electron chi connectivity index (χ0n) is 13.0. The highest BCUT2D eigenvalue weighted by Crippen LogP contribution is 2.61. The van der Waals surface area contributed by atoms with Crippen LogP contribution in [0.25, 0.3) is 0 Å². The zero-order chi connectivity index (χ0) is 13.7. The van der Waals surface area contributed by atoms with Gasteiger partial charge in [-0.1, -0.05) is 19.4 Å². The molecule has 2 fully saturated rings. The van der Waals surface area contributed by atoms with Gasteiger partial charge in [0.25, 0.3) is 0 Å². The Labute approximate surface area is 123 Å². The normalized spacial score (nSPS) is 46.7. The minimum absolute atomic E-state index is 0.689. The van der Waals surface area contributed by atoms with Gasteiger partial charge in [-0.3, -0.25) is 0 Å². The number of allylic oxidation sites excluding steroid dienone is 4. The van der Waals surface area contributed by atoms with Crippen LogP contribution in [0, 0.1) is 29.1 Å². The van der Waals surface area contributed by atoms with E-state index in [4.69, 9.17) is 4.74 Å². The van der Waals surface area contributed by atoms with Crippen molar-refractivity contribution in [3.05, 3.63) is 23.5 Å². The molecule has 20 heavy (non-hydrogen) atoms. The average molecular weight is 272 g/mol. The van der Waals surface area contributed by atoms with Gasteiger partial charge >= 0.3 is 0 Å². The SMILES string of the molecule is COC1=CC2=CC[C@@H]3[C@H](CC[C@]4(C)CCC[C@@H]34)[C@H]2CC1. The van der Waals surface area contributed by atoms with E-state index in [0.29, 0.717) is 5.41 Å². The molecule has 4 aliphatic carbocycles. The fraction of sp³-hybridized carbons (Fsp3) is 0.789. The van der Waals surface area contributed by atoms with Gasteiger partial charge in [0.15, 0.2) is 0 Å². The predicted molar refractivity (Wildman–Crippen MR) is 82.2 cm³/mol. The van der Waals surface area contributed by atoms with Gasteiger partial charge in [-0.05, 0) is 79.3 Å². The molecule has 110 valence electrons. The van der Waals surface area contributed by atoms with Gasteiger partial charge in [0, 0.05) is 6.42 Å². The molecule has 0 radical (unpaired) electrons. The molecule has 0 saturated heterocycles. The largest absolute Gasteiger partial charge is 0.501 e. The Kier molecular flexibility index (Phi) is 3.01. The lowest BCUT2D eigenvalue weighted by Gasteiger charge is -2.51. The Balaban J connectivity index is 1.63. The van der Waals surface area contributed by atoms with Gasteiger partial charge in [0.05, 0.1) is 12.9 Å². The molecule has 1 heteroatoms. The van der Waals surface area contributed by atoms with E-state index in [2.05, 4.69) is 19.1 Å². The van der Waals surface area contributed by atoms with E-state index in [1.165, 1.54) is 50.7 Å². The molecule has 4 aliphatic rings. The number of methoxy groups -OCH3 is 1. The second kappa shape index (κ2) is 4.64. The molecule has 2 saturated carbocycles. The molecule has 1 nitrogen and oxygen atoms in total. The average Bonchev–Trinajstić information content (AvgIpc) is 2.88. The van der Waals surface area contributed by atoms with Crippen LogP contribution in [0.5, 0.6) is 0 Å². The molecule has 0 aliphatic heterocycles. The highest BCUT2D eigenvalue weighted by Gasteiger charge is 2.51. The minimum atomic E-state index is 0.689. The third kappa shape index (κ3) is 1.81. The fourth-order valence-corrected chi connectivity index (χ4v) is 6.08. The number of hydrogen-bond donors (Lipinski definition) is 0. The maximum atomic E-state index is 5.48. The molecule has 0 aromatic carbocycles. The standard InChI is InChI=1S/C19H28O/c1-19-10-3-4-18(19)17-7-5-13-12-14(20-2)6-8-15(13)16(17)9-11-19/h5,12,15-18H,3-4,6-11H2,1-2H3/t15-,16+,17+,18-,19-/m0/s1. The zero-order valence-corrected chi connectivity index (χ0v) is 13.0. The summed E-state index contributed by atoms with van der Waals surface area (Å²) in [4.78, 5) is 0. The summed E-state index contributed by atoms with van der Waals surface area (Å²) < 4.78 is 5.48. The van der Waals surface area contributed by atoms with Crippen molar-refractivity contribution in [2.24, 2.45) is 29.1 Å². The molecule has 4 rings (SSSR count). The van der Waals surface area contributed by atoms with Crippen molar-refractivity contribution < 1.29 is 4.74 Å². The Morgan fingerprint density at radius 2 is 2.05 bits per heavy atom. The van der Waals surface area contributed by atoms with Crippen molar-refractivity contribution in [1.29, 1.82) is 0 Å². The fourth-order valence-electron chi connectivity index (χ4n) is 6.08. The maximum absolute atomic E-state index is 5.48. The Morgan fingerprint density at radius 1 is 1.15 bits per heavy atom. The Morgan fingerprint density at radius 3 is 2.90 bits per heavy atom. The monoisotopic (exact) mass is 272 g/mol. The molecular weight excluding hydrogens is 244 g/mol. The highest BCUT2D eigenvalue weighted by atomic mass is 16.5. The molecular formula is C19H28O. The first-order valence-corrected chi connectivity index (χ1v) is 8.66. The van der Waals surface area contributed by atoms with Crippen LogP contribution in [0.1, 0.15) is 58.3 Å². The van der Waals surface area contributed by atoms with Crippen LogP contribution in [-0.2, 0) is 4.74 Å². The number of ether oxygens (including phenoxy) is 1. The summed E-state index contributed by atoms with van der Waals surface area (Å²) in [5, 5.41) is 0. The summed E-state index contributed by atoms with van der Waals surface area (Å²) in [7, 11) is 1.82. The van der Waals surface area contributed by atoms with Crippen molar-refractivity contribution in [2.45, 2.75) is 58.3 Å². The van der Waals surface area contributed by atoms with Gasteiger partial charge in [-0.15, -0.1) is 0 Å². The summed E-state index contributed by atoms with van der Waals surface area (Å²) in [6.45, 7) is 2.59. The van der Waals surface area contributed by atoms with E-state index in [1.807, 2.05) is 7.11 Å². The molecule has 0 N–H and O–H groups in total. The number of rotatable bonds is 1. The maximum Gasteiger partial charge on any atom is 0.0958 e. The van der Waals surface area contributed by atoms with Crippen LogP contribution in [-0.4, -0.2) is 7.11 Å². The summed E-state index contributed by atoms with van der Waals surface area (Å²) >= 11 is 0. The van der Waals surface area contributed by atoms with Crippen molar-refractivity contribution in [1.82, 2.24) is 0 Å². The van der Waals surface area contributed by atoms with Gasteiger partial charge in [-0.25, -0.2) is 0 Å². The second-order valence-corrected chi connectivity index (χ2v) is 7.92. The lowest BCUT2D eigenvalue weighted by molar-refractivity contribution is 0.0129. The molecule has 5 atom stereocenters. The van der Waals surface area contributed by atoms with Crippen LogP contribution in [0.15, 0.2) is 23.5 Å². The van der Waals surface area contributed by atoms with E-state index < -0.39 is 0 Å². The lowest BCUT2D eigenvalue weighted by Crippen LogP contribution is -2.43. The first-order chi connectivity index (χ1) is 9.71. The summed E-state index contributed by atoms with van der Waals surface area (Å²) in [6.07, 6.45) is 16.2. The van der Waals surface area contributed by atoms with Crippen molar-refractivity contribution >= 4 is 0 Å². The van der Waals surface area contributed by atoms with Crippen LogP contribution in [0.2, 0.25) is 0 Å². The number of fused-ring (bicyclic) bond motifs is 5. The topological polar surface area (TPSA) is 9.23 Å². The van der Waals surface area contributed by atoms with Gasteiger partial charge in [-0.2, -0.15) is 0 Å². The Bertz CT molecular complexity index is 460. The molecule has 0 bridgehead atoms. The molecule has 0 heterocycles. The van der Waals surface area contributed by atoms with Crippen LogP contribution in [0.3, 0.4) is 0 Å². The molecule has 0 aromatic heterocycles. The summed E-state index contributed by atoms with van der Waals surface area (Å²) in [6, 6.07) is 0. The van der Waals surface area contributed by atoms with Crippen molar-refractivity contribution in [3.63, 3.8) is 0 Å². The number of hydrogen-bond acceptors (Lipinski definition) is 1. The predicted octanol–water partition coefficient (Wildman–Crippen LogP) is 5.09. The first kappa shape index (κ1) is 13.0. The first-order valence-electron chi connectivity index (χ1n) is 8.66. The van der Waals surface area contributed by atoms with E-state index in [1.54, 1.807) is 5.57 Å². The quantitative estimate of drug-likeness (QED) is 0.646. The van der Waals surface area contributed by atoms with Gasteiger partial charge < -0.3 is 4.74 Å². The molecule has 0 unspecified atom stereocenters. The van der Waals surface area contributed by atoms with Crippen LogP contribution < -0.4 is 0 Å². The Hall–Kier alpha value is -0.720. The third-order valence-electron chi connectivity index (χ3n) is 7.14. The lowest BCUT2D eigenvalue weighted by atomic mass is 9.53. The molecule has 0 amide bonds. The van der Waals surface area contributed by atoms with E-state index >= 15 is 0 Å². The van der Waals surface area contributed by atoms with Crippen molar-refractivity contribution in [2.75, 3.05) is 7.11 Å². The van der Waals surface area contributed by atoms with E-state index in [9.17, 15) is 0 Å². The van der Waals surface area contributed by atoms with Crippen LogP contribution in [0.4, 0.5) is 0 Å². The third-order valence-corrected chi connectivity index (χ3v) is 7.14.